The van der Waals surface area contributed by atoms with Crippen LogP contribution in [0.25, 0.3) is 0 Å². The minimum absolute atomic E-state index is 0.130. The summed E-state index contributed by atoms with van der Waals surface area (Å²) in [5.74, 6) is 0.872. The second kappa shape index (κ2) is 10.9. The Balaban J connectivity index is 1.47. The van der Waals surface area contributed by atoms with Crippen molar-refractivity contribution in [2.75, 3.05) is 0 Å². The van der Waals surface area contributed by atoms with Crippen molar-refractivity contribution in [3.8, 4) is 11.5 Å². The highest BCUT2D eigenvalue weighted by atomic mass is 19.1. The van der Waals surface area contributed by atoms with E-state index in [0.29, 0.717) is 43.4 Å². The normalized spacial score (nSPS) is 12.5. The Morgan fingerprint density at radius 1 is 0.784 bits per heavy atom. The highest BCUT2D eigenvalue weighted by Crippen LogP contribution is 2.37. The van der Waals surface area contributed by atoms with Crippen molar-refractivity contribution < 1.29 is 18.7 Å². The number of nitrogens with zero attached hydrogens (tertiary/aromatic N) is 1. The van der Waals surface area contributed by atoms with Crippen molar-refractivity contribution in [1.82, 2.24) is 4.90 Å². The molecule has 4 nitrogen and oxygen atoms in total. The van der Waals surface area contributed by atoms with E-state index >= 15 is 0 Å². The maximum absolute atomic E-state index is 13.8. The fourth-order valence-corrected chi connectivity index (χ4v) is 4.59. The largest absolute Gasteiger partial charge is 0.488 e. The fraction of sp³-hybridized carbons (Fsp3) is 0.219. The number of rotatable bonds is 8. The molecule has 0 spiro atoms. The van der Waals surface area contributed by atoms with Gasteiger partial charge in [0.05, 0.1) is 5.56 Å². The van der Waals surface area contributed by atoms with E-state index in [1.54, 1.807) is 11.0 Å². The summed E-state index contributed by atoms with van der Waals surface area (Å²) in [6.07, 6.45) is 0. The van der Waals surface area contributed by atoms with Crippen molar-refractivity contribution in [2.45, 2.75) is 46.1 Å². The summed E-state index contributed by atoms with van der Waals surface area (Å²) in [5, 5.41) is 0. The molecule has 0 saturated heterocycles. The predicted molar refractivity (Wildman–Crippen MR) is 142 cm³/mol. The molecular formula is C32H30FNO3. The summed E-state index contributed by atoms with van der Waals surface area (Å²) in [7, 11) is 0. The van der Waals surface area contributed by atoms with Gasteiger partial charge < -0.3 is 14.4 Å². The minimum atomic E-state index is -0.290. The molecule has 0 aromatic heterocycles. The van der Waals surface area contributed by atoms with Crippen LogP contribution in [-0.4, -0.2) is 10.8 Å². The van der Waals surface area contributed by atoms with Crippen LogP contribution in [0.5, 0.6) is 11.5 Å². The average Bonchev–Trinajstić information content (AvgIpc) is 3.34. The van der Waals surface area contributed by atoms with Gasteiger partial charge in [-0.25, -0.2) is 4.39 Å². The van der Waals surface area contributed by atoms with E-state index in [0.717, 1.165) is 27.8 Å². The molecule has 0 radical (unpaired) electrons. The highest BCUT2D eigenvalue weighted by molar-refractivity contribution is 5.98. The molecule has 1 aliphatic heterocycles. The van der Waals surface area contributed by atoms with Gasteiger partial charge in [-0.3, -0.25) is 4.79 Å². The molecule has 37 heavy (non-hydrogen) atoms. The number of carbonyl (C=O) groups excluding carboxylic acids is 1. The maximum atomic E-state index is 13.8. The molecule has 188 valence electrons. The number of carbonyl (C=O) groups is 1. The third kappa shape index (κ3) is 5.67. The van der Waals surface area contributed by atoms with E-state index in [-0.39, 0.29) is 17.6 Å². The maximum Gasteiger partial charge on any atom is 0.258 e. The first-order chi connectivity index (χ1) is 18.0. The Morgan fingerprint density at radius 2 is 1.38 bits per heavy atom. The molecule has 0 atom stereocenters. The standard InChI is InChI=1S/C32H30FNO3/c1-22(2)28-16-29(32(35)34-18-25-13-14-27(33)15-26(25)19-34)31(37-21-24-11-7-4-8-12-24)17-30(28)36-20-23-9-5-3-6-10-23/h3-17,22H,18-21H2,1-2H3. The van der Waals surface area contributed by atoms with E-state index < -0.39 is 0 Å². The van der Waals surface area contributed by atoms with Crippen molar-refractivity contribution in [3.05, 3.63) is 130 Å². The van der Waals surface area contributed by atoms with Crippen LogP contribution in [0.3, 0.4) is 0 Å². The van der Waals surface area contributed by atoms with Crippen LogP contribution < -0.4 is 9.47 Å². The van der Waals surface area contributed by atoms with Gasteiger partial charge >= 0.3 is 0 Å². The highest BCUT2D eigenvalue weighted by Gasteiger charge is 2.28. The summed E-state index contributed by atoms with van der Waals surface area (Å²) < 4.78 is 26.3. The van der Waals surface area contributed by atoms with E-state index in [4.69, 9.17) is 9.47 Å². The molecule has 0 aliphatic carbocycles. The van der Waals surface area contributed by atoms with Gasteiger partial charge in [0, 0.05) is 19.2 Å². The van der Waals surface area contributed by atoms with Gasteiger partial charge in [-0.05, 0) is 51.9 Å². The molecule has 5 heteroatoms. The number of halogens is 1. The van der Waals surface area contributed by atoms with Gasteiger partial charge in [0.1, 0.15) is 30.5 Å². The lowest BCUT2D eigenvalue weighted by atomic mass is 9.98. The van der Waals surface area contributed by atoms with Gasteiger partial charge in [0.25, 0.3) is 5.91 Å². The quantitative estimate of drug-likeness (QED) is 0.258. The van der Waals surface area contributed by atoms with E-state index in [1.807, 2.05) is 72.8 Å². The molecule has 4 aromatic rings. The predicted octanol–water partition coefficient (Wildman–Crippen LogP) is 7.26. The fourth-order valence-electron chi connectivity index (χ4n) is 4.59. The van der Waals surface area contributed by atoms with E-state index in [2.05, 4.69) is 13.8 Å². The molecule has 5 rings (SSSR count). The third-order valence-corrected chi connectivity index (χ3v) is 6.62. The van der Waals surface area contributed by atoms with Gasteiger partial charge in [-0.15, -0.1) is 0 Å². The summed E-state index contributed by atoms with van der Waals surface area (Å²) in [6, 6.07) is 28.3. The Hall–Kier alpha value is -4.12. The number of ether oxygens (including phenoxy) is 2. The van der Waals surface area contributed by atoms with Crippen LogP contribution in [0.1, 0.15) is 57.9 Å². The van der Waals surface area contributed by atoms with Crippen molar-refractivity contribution >= 4 is 5.91 Å². The SMILES string of the molecule is CC(C)c1cc(C(=O)N2Cc3ccc(F)cc3C2)c(OCc2ccccc2)cc1OCc1ccccc1. The molecular weight excluding hydrogens is 465 g/mol. The van der Waals surface area contributed by atoms with Crippen LogP contribution in [-0.2, 0) is 26.3 Å². The smallest absolute Gasteiger partial charge is 0.258 e. The zero-order valence-corrected chi connectivity index (χ0v) is 21.1. The Kier molecular flexibility index (Phi) is 7.22. The molecule has 0 saturated carbocycles. The van der Waals surface area contributed by atoms with Gasteiger partial charge in [-0.1, -0.05) is 80.6 Å². The lowest BCUT2D eigenvalue weighted by Gasteiger charge is -2.22. The molecule has 4 aromatic carbocycles. The second-order valence-electron chi connectivity index (χ2n) is 9.66. The topological polar surface area (TPSA) is 38.8 Å². The molecule has 0 N–H and O–H groups in total. The van der Waals surface area contributed by atoms with Crippen LogP contribution in [0, 0.1) is 5.82 Å². The Bertz CT molecular complexity index is 1390. The van der Waals surface area contributed by atoms with Crippen molar-refractivity contribution in [2.24, 2.45) is 0 Å². The summed E-state index contributed by atoms with van der Waals surface area (Å²) in [4.78, 5) is 15.5. The van der Waals surface area contributed by atoms with Crippen LogP contribution >= 0.6 is 0 Å². The number of hydrogen-bond donors (Lipinski definition) is 0. The van der Waals surface area contributed by atoms with Gasteiger partial charge in [-0.2, -0.15) is 0 Å². The first-order valence-corrected chi connectivity index (χ1v) is 12.6. The van der Waals surface area contributed by atoms with E-state index in [9.17, 15) is 9.18 Å². The molecule has 1 amide bonds. The molecule has 0 fully saturated rings. The zero-order chi connectivity index (χ0) is 25.8. The first kappa shape index (κ1) is 24.6. The Morgan fingerprint density at radius 3 is 2.00 bits per heavy atom. The summed E-state index contributed by atoms with van der Waals surface area (Å²) >= 11 is 0. The zero-order valence-electron chi connectivity index (χ0n) is 21.1. The van der Waals surface area contributed by atoms with Gasteiger partial charge in [0.15, 0.2) is 0 Å². The first-order valence-electron chi connectivity index (χ1n) is 12.6. The van der Waals surface area contributed by atoms with Gasteiger partial charge in [0.2, 0.25) is 0 Å². The lowest BCUT2D eigenvalue weighted by molar-refractivity contribution is 0.0746. The van der Waals surface area contributed by atoms with Crippen molar-refractivity contribution in [1.29, 1.82) is 0 Å². The minimum Gasteiger partial charge on any atom is -0.488 e. The number of benzene rings is 4. The van der Waals surface area contributed by atoms with E-state index in [1.165, 1.54) is 12.1 Å². The lowest BCUT2D eigenvalue weighted by Crippen LogP contribution is -2.26. The Labute approximate surface area is 217 Å². The third-order valence-electron chi connectivity index (χ3n) is 6.62. The van der Waals surface area contributed by atoms with Crippen LogP contribution in [0.4, 0.5) is 4.39 Å². The molecule has 1 aliphatic rings. The number of amides is 1. The summed E-state index contributed by atoms with van der Waals surface area (Å²) in [6.45, 7) is 5.71. The second-order valence-corrected chi connectivity index (χ2v) is 9.66. The van der Waals surface area contributed by atoms with Crippen LogP contribution in [0.15, 0.2) is 91.0 Å². The molecule has 0 bridgehead atoms. The summed E-state index contributed by atoms with van der Waals surface area (Å²) in [5.41, 5.74) is 5.30. The molecule has 0 unspecified atom stereocenters. The van der Waals surface area contributed by atoms with Crippen LogP contribution in [0.2, 0.25) is 0 Å². The molecule has 1 heterocycles. The number of fused-ring (bicyclic) bond motifs is 1. The monoisotopic (exact) mass is 495 g/mol. The average molecular weight is 496 g/mol. The number of hydrogen-bond acceptors (Lipinski definition) is 3. The van der Waals surface area contributed by atoms with Crippen molar-refractivity contribution in [3.63, 3.8) is 0 Å².